The van der Waals surface area contributed by atoms with E-state index in [1.165, 1.54) is 24.3 Å². The summed E-state index contributed by atoms with van der Waals surface area (Å²) in [4.78, 5) is 46.6. The summed E-state index contributed by atoms with van der Waals surface area (Å²) in [5, 5.41) is 18.4. The number of hydrogen-bond donors (Lipinski definition) is 2. The molecule has 0 amide bonds. The number of unbranched alkanes of at least 4 members (excludes halogenated alkanes) is 2. The number of carboxylic acid groups (broad SMARTS) is 2. The van der Waals surface area contributed by atoms with Crippen molar-refractivity contribution in [2.45, 2.75) is 79.1 Å². The molecular formula is C28H36O8. The summed E-state index contributed by atoms with van der Waals surface area (Å²) < 4.78 is 11.6. The quantitative estimate of drug-likeness (QED) is 0.329. The van der Waals surface area contributed by atoms with Crippen LogP contribution in [0.1, 0.15) is 89.3 Å². The van der Waals surface area contributed by atoms with Crippen molar-refractivity contribution in [3.05, 3.63) is 67.8 Å². The largest absolute Gasteiger partial charge is 0.481 e. The summed E-state index contributed by atoms with van der Waals surface area (Å²) in [6, 6.07) is 5.54. The molecule has 0 aliphatic carbocycles. The van der Waals surface area contributed by atoms with Gasteiger partial charge in [-0.3, -0.25) is 19.2 Å². The molecule has 0 atom stereocenters. The highest BCUT2D eigenvalue weighted by Crippen LogP contribution is 2.25. The van der Waals surface area contributed by atoms with Gasteiger partial charge < -0.3 is 19.0 Å². The molecule has 2 rings (SSSR count). The predicted octanol–water partition coefficient (Wildman–Crippen LogP) is 5.41. The summed E-state index contributed by atoms with van der Waals surface area (Å²) in [5.74, 6) is 0.00206. The van der Waals surface area contributed by atoms with Crippen LogP contribution < -0.4 is 10.9 Å². The average molecular weight is 501 g/mol. The van der Waals surface area contributed by atoms with Crippen LogP contribution in [0.25, 0.3) is 12.2 Å². The zero-order valence-corrected chi connectivity index (χ0v) is 21.5. The Labute approximate surface area is 210 Å². The summed E-state index contributed by atoms with van der Waals surface area (Å²) in [7, 11) is 0. The smallest absolute Gasteiger partial charge is 0.309 e. The maximum atomic E-state index is 12.1. The van der Waals surface area contributed by atoms with Crippen LogP contribution in [0.2, 0.25) is 0 Å². The van der Waals surface area contributed by atoms with Gasteiger partial charge >= 0.3 is 11.9 Å². The Bertz CT molecular complexity index is 1100. The molecule has 0 radical (unpaired) electrons. The van der Waals surface area contributed by atoms with E-state index in [0.29, 0.717) is 74.4 Å². The predicted molar refractivity (Wildman–Crippen MR) is 137 cm³/mol. The molecule has 0 aliphatic rings. The van der Waals surface area contributed by atoms with E-state index in [1.54, 1.807) is 39.8 Å². The van der Waals surface area contributed by atoms with Crippen LogP contribution in [-0.2, 0) is 22.4 Å². The van der Waals surface area contributed by atoms with Gasteiger partial charge in [0, 0.05) is 37.1 Å². The molecule has 0 aromatic carbocycles. The van der Waals surface area contributed by atoms with Gasteiger partial charge in [0.25, 0.3) is 0 Å². The molecule has 8 heteroatoms. The normalized spacial score (nSPS) is 12.2. The van der Waals surface area contributed by atoms with Crippen LogP contribution in [0, 0.1) is 10.8 Å². The Morgan fingerprint density at radius 2 is 1.06 bits per heavy atom. The van der Waals surface area contributed by atoms with Crippen LogP contribution in [0.15, 0.2) is 42.7 Å². The van der Waals surface area contributed by atoms with Crippen LogP contribution in [0.4, 0.5) is 0 Å². The SMILES string of the molecule is CC(C)(CCCCc1cc(=O)cc(/C=C\c2cc(=O)cc(CCCCC(C)(C)C(=O)O)o2)o1)C(=O)O. The second-order valence-corrected chi connectivity index (χ2v) is 10.4. The fourth-order valence-electron chi connectivity index (χ4n) is 3.62. The zero-order chi connectivity index (χ0) is 26.9. The topological polar surface area (TPSA) is 135 Å². The average Bonchev–Trinajstić information content (AvgIpc) is 2.77. The maximum absolute atomic E-state index is 12.1. The lowest BCUT2D eigenvalue weighted by Crippen LogP contribution is -2.23. The van der Waals surface area contributed by atoms with Crippen molar-refractivity contribution in [1.82, 2.24) is 0 Å². The number of carbonyl (C=O) groups is 2. The van der Waals surface area contributed by atoms with E-state index in [1.807, 2.05) is 0 Å². The van der Waals surface area contributed by atoms with Gasteiger partial charge in [-0.05, 0) is 65.5 Å². The Kier molecular flexibility index (Phi) is 10.0. The number of hydrogen-bond acceptors (Lipinski definition) is 6. The minimum Gasteiger partial charge on any atom is -0.481 e. The fraction of sp³-hybridized carbons (Fsp3) is 0.500. The molecule has 2 aromatic rings. The summed E-state index contributed by atoms with van der Waals surface area (Å²) in [5.41, 5.74) is -2.00. The van der Waals surface area contributed by atoms with E-state index < -0.39 is 22.8 Å². The lowest BCUT2D eigenvalue weighted by atomic mass is 9.87. The van der Waals surface area contributed by atoms with Gasteiger partial charge in [-0.15, -0.1) is 0 Å². The molecule has 0 spiro atoms. The first-order chi connectivity index (χ1) is 16.8. The maximum Gasteiger partial charge on any atom is 0.309 e. The lowest BCUT2D eigenvalue weighted by Gasteiger charge is -2.18. The van der Waals surface area contributed by atoms with Gasteiger partial charge in [0.15, 0.2) is 10.9 Å². The van der Waals surface area contributed by atoms with Crippen molar-refractivity contribution in [3.8, 4) is 0 Å². The molecule has 196 valence electrons. The minimum absolute atomic E-state index is 0.207. The fourth-order valence-corrected chi connectivity index (χ4v) is 3.62. The number of aryl methyl sites for hydroxylation is 2. The van der Waals surface area contributed by atoms with Crippen LogP contribution in [0.3, 0.4) is 0 Å². The molecule has 0 aliphatic heterocycles. The van der Waals surface area contributed by atoms with E-state index in [4.69, 9.17) is 8.83 Å². The highest BCUT2D eigenvalue weighted by Gasteiger charge is 2.26. The summed E-state index contributed by atoms with van der Waals surface area (Å²) >= 11 is 0. The van der Waals surface area contributed by atoms with Gasteiger partial charge in [0.05, 0.1) is 10.8 Å². The van der Waals surface area contributed by atoms with E-state index in [2.05, 4.69) is 0 Å². The van der Waals surface area contributed by atoms with Crippen LogP contribution in [-0.4, -0.2) is 22.2 Å². The number of aliphatic carboxylic acids is 2. The summed E-state index contributed by atoms with van der Waals surface area (Å²) in [6.07, 6.45) is 7.96. The third-order valence-corrected chi connectivity index (χ3v) is 6.19. The van der Waals surface area contributed by atoms with Gasteiger partial charge in [0.1, 0.15) is 23.0 Å². The number of rotatable bonds is 14. The second-order valence-electron chi connectivity index (χ2n) is 10.4. The van der Waals surface area contributed by atoms with Crippen LogP contribution in [0.5, 0.6) is 0 Å². The Balaban J connectivity index is 1.99. The highest BCUT2D eigenvalue weighted by molar-refractivity contribution is 5.73. The molecular weight excluding hydrogens is 464 g/mol. The molecule has 2 aromatic heterocycles. The Morgan fingerprint density at radius 1 is 0.694 bits per heavy atom. The standard InChI is InChI=1S/C28H36O8/c1-27(2,25(31)32)13-7-5-9-21-15-19(29)17-23(35-21)11-12-24-18-20(30)16-22(36-24)10-6-8-14-28(3,4)26(33)34/h11-12,15-18H,5-10,13-14H2,1-4H3,(H,31,32)(H,33,34)/b12-11-. The van der Waals surface area contributed by atoms with Crippen molar-refractivity contribution < 1.29 is 28.6 Å². The van der Waals surface area contributed by atoms with Crippen molar-refractivity contribution in [1.29, 1.82) is 0 Å². The van der Waals surface area contributed by atoms with Crippen molar-refractivity contribution >= 4 is 24.1 Å². The molecule has 0 unspecified atom stereocenters. The molecule has 2 heterocycles. The van der Waals surface area contributed by atoms with Crippen molar-refractivity contribution in [2.24, 2.45) is 10.8 Å². The molecule has 0 bridgehead atoms. The van der Waals surface area contributed by atoms with E-state index >= 15 is 0 Å². The number of carboxylic acids is 2. The summed E-state index contributed by atoms with van der Waals surface area (Å²) in [6.45, 7) is 6.76. The highest BCUT2D eigenvalue weighted by atomic mass is 16.4. The Hall–Kier alpha value is -3.42. The third-order valence-electron chi connectivity index (χ3n) is 6.19. The van der Waals surface area contributed by atoms with Gasteiger partial charge in [-0.1, -0.05) is 12.8 Å². The first-order valence-electron chi connectivity index (χ1n) is 12.2. The van der Waals surface area contributed by atoms with Gasteiger partial charge in [-0.25, -0.2) is 0 Å². The Morgan fingerprint density at radius 3 is 1.39 bits per heavy atom. The molecule has 0 saturated carbocycles. The first-order valence-corrected chi connectivity index (χ1v) is 12.2. The molecule has 0 fully saturated rings. The van der Waals surface area contributed by atoms with E-state index in [-0.39, 0.29) is 10.9 Å². The molecule has 8 nitrogen and oxygen atoms in total. The van der Waals surface area contributed by atoms with E-state index in [9.17, 15) is 29.4 Å². The minimum atomic E-state index is -0.834. The van der Waals surface area contributed by atoms with Crippen LogP contribution >= 0.6 is 0 Å². The van der Waals surface area contributed by atoms with Gasteiger partial charge in [0.2, 0.25) is 0 Å². The first kappa shape index (κ1) is 28.8. The van der Waals surface area contributed by atoms with Crippen molar-refractivity contribution in [3.63, 3.8) is 0 Å². The van der Waals surface area contributed by atoms with E-state index in [0.717, 1.165) is 0 Å². The zero-order valence-electron chi connectivity index (χ0n) is 21.5. The second kappa shape index (κ2) is 12.5. The third kappa shape index (κ3) is 9.32. The van der Waals surface area contributed by atoms with Gasteiger partial charge in [-0.2, -0.15) is 0 Å². The molecule has 36 heavy (non-hydrogen) atoms. The van der Waals surface area contributed by atoms with Crippen molar-refractivity contribution in [2.75, 3.05) is 0 Å². The lowest BCUT2D eigenvalue weighted by molar-refractivity contribution is -0.148. The monoisotopic (exact) mass is 500 g/mol. The molecule has 2 N–H and O–H groups in total. The molecule has 0 saturated heterocycles.